The van der Waals surface area contributed by atoms with Crippen LogP contribution in [0.1, 0.15) is 5.56 Å². The van der Waals surface area contributed by atoms with Crippen LogP contribution in [0, 0.1) is 0 Å². The summed E-state index contributed by atoms with van der Waals surface area (Å²) >= 11 is 24.6. The lowest BCUT2D eigenvalue weighted by atomic mass is 10.2. The van der Waals surface area contributed by atoms with E-state index in [2.05, 4.69) is 0 Å². The van der Waals surface area contributed by atoms with Crippen LogP contribution in [0.25, 0.3) is 6.08 Å². The number of thioether (sulfide) groups is 1. The van der Waals surface area contributed by atoms with Crippen LogP contribution in [-0.2, 0) is 4.79 Å². The fourth-order valence-electron chi connectivity index (χ4n) is 2.05. The minimum atomic E-state index is -0.210. The highest BCUT2D eigenvalue weighted by Gasteiger charge is 2.33. The van der Waals surface area contributed by atoms with Crippen LogP contribution < -0.4 is 4.90 Å². The first-order chi connectivity index (χ1) is 11.0. The maximum absolute atomic E-state index is 12.7. The van der Waals surface area contributed by atoms with E-state index in [1.807, 2.05) is 18.2 Å². The molecular weight excluding hydrogens is 393 g/mol. The van der Waals surface area contributed by atoms with Crippen molar-refractivity contribution in [3.8, 4) is 0 Å². The van der Waals surface area contributed by atoms with Gasteiger partial charge in [-0.15, -0.1) is 0 Å². The number of nitrogens with zero attached hydrogens (tertiary/aromatic N) is 1. The molecule has 0 aliphatic carbocycles. The predicted molar refractivity (Wildman–Crippen MR) is 104 cm³/mol. The number of halogens is 3. The third kappa shape index (κ3) is 3.42. The highest BCUT2D eigenvalue weighted by Crippen LogP contribution is 2.38. The van der Waals surface area contributed by atoms with Gasteiger partial charge < -0.3 is 0 Å². The number of hydrogen-bond acceptors (Lipinski definition) is 3. The van der Waals surface area contributed by atoms with Crippen molar-refractivity contribution in [1.29, 1.82) is 0 Å². The monoisotopic (exact) mass is 399 g/mol. The van der Waals surface area contributed by atoms with Gasteiger partial charge >= 0.3 is 0 Å². The minimum absolute atomic E-state index is 0.210. The van der Waals surface area contributed by atoms with E-state index in [0.717, 1.165) is 5.56 Å². The van der Waals surface area contributed by atoms with Crippen molar-refractivity contribution < 1.29 is 4.79 Å². The number of carbonyl (C=O) groups is 1. The molecule has 0 N–H and O–H groups in total. The van der Waals surface area contributed by atoms with E-state index in [1.165, 1.54) is 16.7 Å². The zero-order chi connectivity index (χ0) is 16.6. The van der Waals surface area contributed by atoms with Crippen LogP contribution in [0.3, 0.4) is 0 Å². The smallest absolute Gasteiger partial charge is 0.268 e. The molecule has 1 heterocycles. The molecule has 1 aliphatic heterocycles. The Morgan fingerprint density at radius 1 is 1.00 bits per heavy atom. The standard InChI is InChI=1S/C16H8Cl3NOS2/c17-11-4-2-1-3-9(11)7-14-15(21)20(16(22)23-14)10-5-6-12(18)13(19)8-10/h1-8H/b14-7-. The summed E-state index contributed by atoms with van der Waals surface area (Å²) in [4.78, 5) is 14.6. The van der Waals surface area contributed by atoms with E-state index in [0.29, 0.717) is 30.0 Å². The van der Waals surface area contributed by atoms with Crippen molar-refractivity contribution in [2.45, 2.75) is 0 Å². The number of rotatable bonds is 2. The van der Waals surface area contributed by atoms with Crippen molar-refractivity contribution in [3.05, 3.63) is 68.0 Å². The summed E-state index contributed by atoms with van der Waals surface area (Å²) in [6, 6.07) is 12.3. The summed E-state index contributed by atoms with van der Waals surface area (Å²) in [6.07, 6.45) is 1.74. The first kappa shape index (κ1) is 16.8. The van der Waals surface area contributed by atoms with Crippen LogP contribution in [0.5, 0.6) is 0 Å². The van der Waals surface area contributed by atoms with E-state index >= 15 is 0 Å². The van der Waals surface area contributed by atoms with E-state index in [9.17, 15) is 4.79 Å². The van der Waals surface area contributed by atoms with Crippen LogP contribution in [-0.4, -0.2) is 10.2 Å². The van der Waals surface area contributed by atoms with Crippen molar-refractivity contribution in [1.82, 2.24) is 0 Å². The molecule has 116 valence electrons. The Morgan fingerprint density at radius 2 is 1.74 bits per heavy atom. The molecule has 23 heavy (non-hydrogen) atoms. The Bertz CT molecular complexity index is 851. The second kappa shape index (κ2) is 6.83. The molecule has 0 spiro atoms. The Kier molecular flexibility index (Phi) is 4.99. The molecule has 7 heteroatoms. The van der Waals surface area contributed by atoms with Gasteiger partial charge in [0.15, 0.2) is 4.32 Å². The first-order valence-corrected chi connectivity index (χ1v) is 8.81. The van der Waals surface area contributed by atoms with E-state index in [1.54, 1.807) is 30.3 Å². The molecule has 0 unspecified atom stereocenters. The maximum Gasteiger partial charge on any atom is 0.270 e. The van der Waals surface area contributed by atoms with Gasteiger partial charge in [-0.25, -0.2) is 0 Å². The summed E-state index contributed by atoms with van der Waals surface area (Å²) in [7, 11) is 0. The van der Waals surface area contributed by atoms with Gasteiger partial charge in [-0.1, -0.05) is 77.0 Å². The molecule has 3 rings (SSSR count). The normalized spacial score (nSPS) is 16.5. The Balaban J connectivity index is 1.97. The number of hydrogen-bond donors (Lipinski definition) is 0. The van der Waals surface area contributed by atoms with Gasteiger partial charge in [-0.3, -0.25) is 9.69 Å². The second-order valence-electron chi connectivity index (χ2n) is 4.64. The molecule has 0 radical (unpaired) electrons. The van der Waals surface area contributed by atoms with E-state index < -0.39 is 0 Å². The third-order valence-corrected chi connectivity index (χ3v) is 5.53. The van der Waals surface area contributed by atoms with Crippen LogP contribution in [0.15, 0.2) is 47.4 Å². The molecule has 1 saturated heterocycles. The number of benzene rings is 2. The molecule has 0 saturated carbocycles. The number of thiocarbonyl (C=S) groups is 1. The van der Waals surface area contributed by atoms with Crippen molar-refractivity contribution in [3.63, 3.8) is 0 Å². The highest BCUT2D eigenvalue weighted by molar-refractivity contribution is 8.27. The quantitative estimate of drug-likeness (QED) is 0.452. The summed E-state index contributed by atoms with van der Waals surface area (Å²) in [5, 5.41) is 1.37. The predicted octanol–water partition coefficient (Wildman–Crippen LogP) is 6.05. The minimum Gasteiger partial charge on any atom is -0.268 e. The van der Waals surface area contributed by atoms with Crippen LogP contribution in [0.2, 0.25) is 15.1 Å². The molecule has 0 atom stereocenters. The van der Waals surface area contributed by atoms with Crippen molar-refractivity contribution >= 4 is 80.8 Å². The van der Waals surface area contributed by atoms with Crippen molar-refractivity contribution in [2.24, 2.45) is 0 Å². The Labute approximate surface area is 158 Å². The van der Waals surface area contributed by atoms with Gasteiger partial charge in [0.2, 0.25) is 0 Å². The van der Waals surface area contributed by atoms with Crippen molar-refractivity contribution in [2.75, 3.05) is 4.90 Å². The molecule has 1 fully saturated rings. The summed E-state index contributed by atoms with van der Waals surface area (Å²) in [5.41, 5.74) is 1.35. The molecule has 1 aliphatic rings. The molecule has 2 aromatic rings. The van der Waals surface area contributed by atoms with Crippen LogP contribution in [0.4, 0.5) is 5.69 Å². The highest BCUT2D eigenvalue weighted by atomic mass is 35.5. The third-order valence-electron chi connectivity index (χ3n) is 3.15. The molecule has 2 nitrogen and oxygen atoms in total. The zero-order valence-electron chi connectivity index (χ0n) is 11.4. The van der Waals surface area contributed by atoms with Gasteiger partial charge in [0.1, 0.15) is 0 Å². The molecule has 2 aromatic carbocycles. The maximum atomic E-state index is 12.7. The second-order valence-corrected chi connectivity index (χ2v) is 7.53. The summed E-state index contributed by atoms with van der Waals surface area (Å²) < 4.78 is 0.437. The van der Waals surface area contributed by atoms with Gasteiger partial charge in [-0.2, -0.15) is 0 Å². The molecule has 1 amide bonds. The number of amides is 1. The van der Waals surface area contributed by atoms with Gasteiger partial charge in [0.25, 0.3) is 5.91 Å². The number of anilines is 1. The fourth-order valence-corrected chi connectivity index (χ4v) is 3.82. The summed E-state index contributed by atoms with van der Waals surface area (Å²) in [6.45, 7) is 0. The average molecular weight is 401 g/mol. The largest absolute Gasteiger partial charge is 0.270 e. The first-order valence-electron chi connectivity index (χ1n) is 6.45. The topological polar surface area (TPSA) is 20.3 Å². The molecular formula is C16H8Cl3NOS2. The average Bonchev–Trinajstić information content (AvgIpc) is 2.79. The van der Waals surface area contributed by atoms with Gasteiger partial charge in [0.05, 0.1) is 20.6 Å². The fraction of sp³-hybridized carbons (Fsp3) is 0. The molecule has 0 bridgehead atoms. The Morgan fingerprint density at radius 3 is 2.43 bits per heavy atom. The summed E-state index contributed by atoms with van der Waals surface area (Å²) in [5.74, 6) is -0.210. The lowest BCUT2D eigenvalue weighted by Gasteiger charge is -2.15. The molecule has 0 aromatic heterocycles. The zero-order valence-corrected chi connectivity index (χ0v) is 15.3. The SMILES string of the molecule is O=C1/C(=C/c2ccccc2Cl)SC(=S)N1c1ccc(Cl)c(Cl)c1. The van der Waals surface area contributed by atoms with E-state index in [4.69, 9.17) is 47.0 Å². The Hall–Kier alpha value is -1.04. The van der Waals surface area contributed by atoms with Crippen LogP contribution >= 0.6 is 58.8 Å². The van der Waals surface area contributed by atoms with E-state index in [-0.39, 0.29) is 5.91 Å². The van der Waals surface area contributed by atoms with Gasteiger partial charge in [0, 0.05) is 5.02 Å². The lowest BCUT2D eigenvalue weighted by molar-refractivity contribution is -0.113. The van der Waals surface area contributed by atoms with Gasteiger partial charge in [-0.05, 0) is 35.9 Å². The number of carbonyl (C=O) groups excluding carboxylic acids is 1. The lowest BCUT2D eigenvalue weighted by Crippen LogP contribution is -2.27.